The van der Waals surface area contributed by atoms with E-state index in [1.165, 1.54) is 23.2 Å². The van der Waals surface area contributed by atoms with Crippen molar-refractivity contribution in [3.63, 3.8) is 0 Å². The molecule has 2 aromatic carbocycles. The van der Waals surface area contributed by atoms with Gasteiger partial charge in [0, 0.05) is 55.7 Å². The second-order valence-electron chi connectivity index (χ2n) is 11.2. The highest BCUT2D eigenvalue weighted by Gasteiger charge is 2.46. The van der Waals surface area contributed by atoms with E-state index in [1.54, 1.807) is 24.3 Å². The molecular formula is C31H30ClF6N5O3. The third-order valence-corrected chi connectivity index (χ3v) is 8.48. The molecule has 1 aromatic heterocycles. The van der Waals surface area contributed by atoms with Gasteiger partial charge in [0.05, 0.1) is 17.1 Å². The van der Waals surface area contributed by atoms with Crippen LogP contribution in [-0.2, 0) is 17.5 Å². The summed E-state index contributed by atoms with van der Waals surface area (Å²) < 4.78 is 82.0. The maximum atomic E-state index is 13.7. The Kier molecular flexibility index (Phi) is 9.80. The van der Waals surface area contributed by atoms with Crippen LogP contribution in [0.4, 0.5) is 37.8 Å². The number of nitrogens with one attached hydrogen (secondary N) is 1. The molecule has 0 spiro atoms. The van der Waals surface area contributed by atoms with E-state index in [2.05, 4.69) is 15.2 Å². The predicted octanol–water partition coefficient (Wildman–Crippen LogP) is 6.41. The first-order chi connectivity index (χ1) is 21.7. The van der Waals surface area contributed by atoms with Gasteiger partial charge in [0.15, 0.2) is 0 Å². The predicted molar refractivity (Wildman–Crippen MR) is 160 cm³/mol. The number of pyridine rings is 1. The van der Waals surface area contributed by atoms with Crippen molar-refractivity contribution in [1.29, 1.82) is 0 Å². The molecule has 15 heteroatoms. The summed E-state index contributed by atoms with van der Waals surface area (Å²) in [5.41, 5.74) is 0.552. The molecule has 3 heterocycles. The number of hydrogen-bond donors (Lipinski definition) is 2. The van der Waals surface area contributed by atoms with Gasteiger partial charge in [-0.05, 0) is 73.0 Å². The molecule has 1 unspecified atom stereocenters. The van der Waals surface area contributed by atoms with Gasteiger partial charge in [0.1, 0.15) is 11.9 Å². The van der Waals surface area contributed by atoms with Gasteiger partial charge >= 0.3 is 18.3 Å². The zero-order chi connectivity index (χ0) is 33.2. The van der Waals surface area contributed by atoms with Gasteiger partial charge in [0.25, 0.3) is 5.91 Å². The van der Waals surface area contributed by atoms with Crippen molar-refractivity contribution < 1.29 is 41.0 Å². The number of likely N-dealkylation sites (tertiary alicyclic amines) is 1. The third kappa shape index (κ3) is 7.91. The smallest absolute Gasteiger partial charge is 0.417 e. The lowest BCUT2D eigenvalue weighted by Gasteiger charge is -2.35. The van der Waals surface area contributed by atoms with Crippen LogP contribution in [0.1, 0.15) is 34.3 Å². The maximum Gasteiger partial charge on any atom is 0.417 e. The second kappa shape index (κ2) is 13.5. The Morgan fingerprint density at radius 3 is 2.28 bits per heavy atom. The molecule has 0 radical (unpaired) electrons. The summed E-state index contributed by atoms with van der Waals surface area (Å²) in [5.74, 6) is -1.40. The van der Waals surface area contributed by atoms with Gasteiger partial charge in [-0.3, -0.25) is 19.4 Å². The Morgan fingerprint density at radius 2 is 1.65 bits per heavy atom. The van der Waals surface area contributed by atoms with Gasteiger partial charge in [-0.1, -0.05) is 17.7 Å². The highest BCUT2D eigenvalue weighted by atomic mass is 35.5. The number of carboxylic acid groups (broad SMARTS) is 1. The monoisotopic (exact) mass is 669 g/mol. The van der Waals surface area contributed by atoms with Crippen LogP contribution in [0.15, 0.2) is 54.7 Å². The van der Waals surface area contributed by atoms with E-state index in [9.17, 15) is 35.9 Å². The first kappa shape index (κ1) is 33.5. The molecule has 2 N–H and O–H groups in total. The van der Waals surface area contributed by atoms with Crippen molar-refractivity contribution in [2.75, 3.05) is 49.5 Å². The zero-order valence-corrected chi connectivity index (χ0v) is 25.1. The number of alkyl halides is 6. The Hall–Kier alpha value is -3.88. The largest absolute Gasteiger partial charge is 0.480 e. The molecule has 3 aromatic rings. The first-order valence-corrected chi connectivity index (χ1v) is 14.8. The number of nitrogens with zero attached hydrogens (tertiary/aromatic N) is 4. The minimum atomic E-state index is -4.75. The van der Waals surface area contributed by atoms with E-state index in [1.807, 2.05) is 4.90 Å². The Labute approximate surface area is 265 Å². The van der Waals surface area contributed by atoms with Gasteiger partial charge in [-0.15, -0.1) is 0 Å². The van der Waals surface area contributed by atoms with Crippen LogP contribution in [0.2, 0.25) is 5.02 Å². The minimum absolute atomic E-state index is 0.0233. The number of piperazine rings is 1. The van der Waals surface area contributed by atoms with Crippen molar-refractivity contribution in [1.82, 2.24) is 14.8 Å². The number of carboxylic acids is 1. The number of anilines is 2. The molecule has 46 heavy (non-hydrogen) atoms. The molecule has 2 aliphatic heterocycles. The van der Waals surface area contributed by atoms with Crippen molar-refractivity contribution in [3.8, 4) is 11.1 Å². The average Bonchev–Trinajstić information content (AvgIpc) is 3.46. The molecule has 0 bridgehead atoms. The van der Waals surface area contributed by atoms with Gasteiger partial charge in [-0.25, -0.2) is 4.98 Å². The lowest BCUT2D eigenvalue weighted by molar-refractivity contribution is -0.177. The molecule has 2 saturated heterocycles. The summed E-state index contributed by atoms with van der Waals surface area (Å²) in [6.45, 7) is 2.26. The van der Waals surface area contributed by atoms with Crippen LogP contribution in [0.5, 0.6) is 0 Å². The van der Waals surface area contributed by atoms with Gasteiger partial charge < -0.3 is 15.3 Å². The fourth-order valence-electron chi connectivity index (χ4n) is 5.84. The molecule has 0 aliphatic carbocycles. The van der Waals surface area contributed by atoms with Crippen LogP contribution in [0.3, 0.4) is 0 Å². The lowest BCUT2D eigenvalue weighted by Crippen LogP contribution is -2.47. The average molecular weight is 670 g/mol. The Bertz CT molecular complexity index is 1580. The standard InChI is InChI=1S/C31H30ClF6N5O3/c32-25-8-5-20(14-24(25)30(33,34)35)23-16-39-27(15-21(23)17-43-9-1-2-26(43)31(36,37)38)40-29(46)19-3-6-22(7-4-19)42-12-10-41(11-13-42)18-28(44)45/h3-8,14-16,26H,1-2,9-13,17-18H2,(H,44,45)(H,39,40,46). The van der Waals surface area contributed by atoms with Gasteiger partial charge in [0.2, 0.25) is 0 Å². The molecule has 8 nitrogen and oxygen atoms in total. The lowest BCUT2D eigenvalue weighted by atomic mass is 9.99. The van der Waals surface area contributed by atoms with Crippen LogP contribution < -0.4 is 10.2 Å². The summed E-state index contributed by atoms with van der Waals surface area (Å²) in [6.07, 6.45) is -7.79. The SMILES string of the molecule is O=C(O)CN1CCN(c2ccc(C(=O)Nc3cc(CN4CCCC4C(F)(F)F)c(-c4ccc(Cl)c(C(F)(F)F)c4)cn3)cc2)CC1. The summed E-state index contributed by atoms with van der Waals surface area (Å²) >= 11 is 5.79. The highest BCUT2D eigenvalue weighted by molar-refractivity contribution is 6.31. The molecule has 1 amide bonds. The van der Waals surface area contributed by atoms with Crippen molar-refractivity contribution in [3.05, 3.63) is 76.4 Å². The molecule has 246 valence electrons. The number of halogens is 7. The number of carbonyl (C=O) groups is 2. The van der Waals surface area contributed by atoms with E-state index < -0.39 is 40.9 Å². The normalized spacial score (nSPS) is 18.2. The Balaban J connectivity index is 1.37. The van der Waals surface area contributed by atoms with Crippen molar-refractivity contribution in [2.24, 2.45) is 0 Å². The van der Waals surface area contributed by atoms with Crippen LogP contribution in [-0.4, -0.2) is 83.3 Å². The molecular weight excluding hydrogens is 640 g/mol. The Morgan fingerprint density at radius 1 is 0.957 bits per heavy atom. The van der Waals surface area contributed by atoms with E-state index >= 15 is 0 Å². The summed E-state index contributed by atoms with van der Waals surface area (Å²) in [5, 5.41) is 11.1. The summed E-state index contributed by atoms with van der Waals surface area (Å²) in [4.78, 5) is 33.4. The van der Waals surface area contributed by atoms with E-state index in [4.69, 9.17) is 16.7 Å². The number of rotatable bonds is 8. The van der Waals surface area contributed by atoms with Crippen LogP contribution in [0, 0.1) is 0 Å². The van der Waals surface area contributed by atoms with Crippen molar-refractivity contribution in [2.45, 2.75) is 37.8 Å². The van der Waals surface area contributed by atoms with Crippen LogP contribution in [0.25, 0.3) is 11.1 Å². The van der Waals surface area contributed by atoms with Crippen LogP contribution >= 0.6 is 11.6 Å². The molecule has 2 aliphatic rings. The molecule has 0 saturated carbocycles. The van der Waals surface area contributed by atoms with Crippen molar-refractivity contribution >= 4 is 35.0 Å². The first-order valence-electron chi connectivity index (χ1n) is 14.5. The fraction of sp³-hybridized carbons (Fsp3) is 0.387. The third-order valence-electron chi connectivity index (χ3n) is 8.15. The number of carbonyl (C=O) groups excluding carboxylic acids is 1. The summed E-state index contributed by atoms with van der Waals surface area (Å²) in [6, 6.07) is 9.65. The topological polar surface area (TPSA) is 89.0 Å². The number of benzene rings is 2. The van der Waals surface area contributed by atoms with E-state index in [-0.39, 0.29) is 54.1 Å². The number of aromatic nitrogens is 1. The minimum Gasteiger partial charge on any atom is -0.480 e. The fourth-order valence-corrected chi connectivity index (χ4v) is 6.06. The zero-order valence-electron chi connectivity index (χ0n) is 24.3. The van der Waals surface area contributed by atoms with Gasteiger partial charge in [-0.2, -0.15) is 26.3 Å². The van der Waals surface area contributed by atoms with E-state index in [0.717, 1.165) is 17.8 Å². The number of hydrogen-bond acceptors (Lipinski definition) is 6. The maximum absolute atomic E-state index is 13.7. The quantitative estimate of drug-likeness (QED) is 0.268. The van der Waals surface area contributed by atoms with E-state index in [0.29, 0.717) is 32.6 Å². The highest BCUT2D eigenvalue weighted by Crippen LogP contribution is 2.39. The molecule has 5 rings (SSSR count). The second-order valence-corrected chi connectivity index (χ2v) is 11.7. The molecule has 2 fully saturated rings. The number of amides is 1. The summed E-state index contributed by atoms with van der Waals surface area (Å²) in [7, 11) is 0. The molecule has 1 atom stereocenters. The number of aliphatic carboxylic acids is 1.